The number of nitrogens with zero attached hydrogens (tertiary/aromatic N) is 6. The Balaban J connectivity index is 1.39. The molecular weight excluding hydrogens is 320 g/mol. The van der Waals surface area contributed by atoms with Crippen molar-refractivity contribution >= 4 is 5.65 Å². The summed E-state index contributed by atoms with van der Waals surface area (Å²) in [4.78, 5) is 17.0. The molecule has 0 aliphatic carbocycles. The zero-order valence-corrected chi connectivity index (χ0v) is 14.6. The Morgan fingerprint density at radius 1 is 1.12 bits per heavy atom. The maximum Gasteiger partial charge on any atom is 0.351 e. The van der Waals surface area contributed by atoms with Crippen LogP contribution in [0.2, 0.25) is 0 Å². The van der Waals surface area contributed by atoms with Crippen molar-refractivity contribution in [2.24, 2.45) is 0 Å². The first-order valence-corrected chi connectivity index (χ1v) is 8.52. The smallest absolute Gasteiger partial charge is 0.351 e. The minimum absolute atomic E-state index is 0.0891. The number of piperazine rings is 1. The minimum Gasteiger partial charge on any atom is -0.361 e. The van der Waals surface area contributed by atoms with Crippen molar-refractivity contribution in [2.75, 3.05) is 26.2 Å². The van der Waals surface area contributed by atoms with E-state index >= 15 is 0 Å². The van der Waals surface area contributed by atoms with Gasteiger partial charge in [0.1, 0.15) is 5.76 Å². The van der Waals surface area contributed by atoms with Crippen LogP contribution in [-0.4, -0.2) is 55.3 Å². The maximum atomic E-state index is 12.4. The molecule has 1 aliphatic heterocycles. The van der Waals surface area contributed by atoms with Gasteiger partial charge in [-0.15, -0.1) is 5.10 Å². The van der Waals surface area contributed by atoms with E-state index in [1.807, 2.05) is 32.0 Å². The van der Waals surface area contributed by atoms with Crippen LogP contribution in [0, 0.1) is 13.8 Å². The first kappa shape index (κ1) is 16.0. The van der Waals surface area contributed by atoms with Gasteiger partial charge < -0.3 is 4.52 Å². The molecule has 0 amide bonds. The summed E-state index contributed by atoms with van der Waals surface area (Å²) in [6.07, 6.45) is 1.75. The number of aryl methyl sites for hydroxylation is 2. The molecule has 4 heterocycles. The largest absolute Gasteiger partial charge is 0.361 e. The van der Waals surface area contributed by atoms with E-state index in [-0.39, 0.29) is 5.69 Å². The molecule has 0 radical (unpaired) electrons. The van der Waals surface area contributed by atoms with E-state index < -0.39 is 0 Å². The Morgan fingerprint density at radius 2 is 1.88 bits per heavy atom. The zero-order valence-electron chi connectivity index (χ0n) is 14.6. The standard InChI is InChI=1S/C17H22N6O2/c1-13-15(14(2)25-19-13)11-20-7-9-21(10-8-20)12-23-17(24)22-6-4-3-5-16(22)18-23/h3-6H,7-12H2,1-2H3. The van der Waals surface area contributed by atoms with Crippen molar-refractivity contribution in [1.82, 2.24) is 29.1 Å². The molecule has 0 N–H and O–H groups in total. The second kappa shape index (κ2) is 6.45. The normalized spacial score (nSPS) is 16.7. The van der Waals surface area contributed by atoms with Crippen LogP contribution >= 0.6 is 0 Å². The van der Waals surface area contributed by atoms with Gasteiger partial charge in [0, 0.05) is 44.5 Å². The molecule has 132 valence electrons. The van der Waals surface area contributed by atoms with E-state index in [0.717, 1.165) is 44.2 Å². The Labute approximate surface area is 145 Å². The van der Waals surface area contributed by atoms with Gasteiger partial charge >= 0.3 is 5.69 Å². The van der Waals surface area contributed by atoms with E-state index in [4.69, 9.17) is 4.52 Å². The van der Waals surface area contributed by atoms with Gasteiger partial charge in [-0.05, 0) is 26.0 Å². The molecule has 3 aromatic rings. The van der Waals surface area contributed by atoms with Crippen molar-refractivity contribution in [3.8, 4) is 0 Å². The number of fused-ring (bicyclic) bond motifs is 1. The summed E-state index contributed by atoms with van der Waals surface area (Å²) < 4.78 is 8.36. The van der Waals surface area contributed by atoms with Crippen LogP contribution in [0.4, 0.5) is 0 Å². The van der Waals surface area contributed by atoms with E-state index in [0.29, 0.717) is 12.3 Å². The lowest BCUT2D eigenvalue weighted by atomic mass is 10.2. The summed E-state index contributed by atoms with van der Waals surface area (Å²) in [5.41, 5.74) is 2.75. The highest BCUT2D eigenvalue weighted by atomic mass is 16.5. The van der Waals surface area contributed by atoms with E-state index in [1.165, 1.54) is 5.56 Å². The number of pyridine rings is 1. The quantitative estimate of drug-likeness (QED) is 0.701. The zero-order chi connectivity index (χ0) is 17.4. The average Bonchev–Trinajstić information content (AvgIpc) is 3.11. The molecule has 4 rings (SSSR count). The van der Waals surface area contributed by atoms with Gasteiger partial charge in [-0.1, -0.05) is 11.2 Å². The molecule has 0 saturated carbocycles. The maximum absolute atomic E-state index is 12.4. The first-order valence-electron chi connectivity index (χ1n) is 8.52. The summed E-state index contributed by atoms with van der Waals surface area (Å²) in [7, 11) is 0. The summed E-state index contributed by atoms with van der Waals surface area (Å²) in [5, 5.41) is 8.42. The van der Waals surface area contributed by atoms with Crippen LogP contribution < -0.4 is 5.69 Å². The van der Waals surface area contributed by atoms with Crippen LogP contribution in [0.1, 0.15) is 17.0 Å². The predicted octanol–water partition coefficient (Wildman–Crippen LogP) is 0.876. The molecule has 1 saturated heterocycles. The highest BCUT2D eigenvalue weighted by molar-refractivity contribution is 5.35. The van der Waals surface area contributed by atoms with Gasteiger partial charge in [0.2, 0.25) is 0 Å². The topological polar surface area (TPSA) is 71.8 Å². The van der Waals surface area contributed by atoms with Crippen molar-refractivity contribution in [1.29, 1.82) is 0 Å². The monoisotopic (exact) mass is 342 g/mol. The van der Waals surface area contributed by atoms with Crippen molar-refractivity contribution in [3.63, 3.8) is 0 Å². The van der Waals surface area contributed by atoms with Crippen LogP contribution in [0.5, 0.6) is 0 Å². The molecule has 8 heteroatoms. The summed E-state index contributed by atoms with van der Waals surface area (Å²) in [5.74, 6) is 0.899. The third kappa shape index (κ3) is 3.10. The van der Waals surface area contributed by atoms with Crippen molar-refractivity contribution in [3.05, 3.63) is 51.9 Å². The SMILES string of the molecule is Cc1noc(C)c1CN1CCN(Cn2nc3ccccn3c2=O)CC1. The summed E-state index contributed by atoms with van der Waals surface area (Å²) in [6, 6.07) is 5.58. The number of aromatic nitrogens is 4. The molecule has 0 spiro atoms. The van der Waals surface area contributed by atoms with Crippen LogP contribution in [0.15, 0.2) is 33.7 Å². The lowest BCUT2D eigenvalue weighted by Crippen LogP contribution is -2.47. The highest BCUT2D eigenvalue weighted by Gasteiger charge is 2.21. The second-order valence-electron chi connectivity index (χ2n) is 6.55. The third-order valence-corrected chi connectivity index (χ3v) is 4.85. The summed E-state index contributed by atoms with van der Waals surface area (Å²) >= 11 is 0. The fraction of sp³-hybridized carbons (Fsp3) is 0.471. The molecule has 0 unspecified atom stereocenters. The van der Waals surface area contributed by atoms with Gasteiger partial charge in [-0.25, -0.2) is 4.79 Å². The third-order valence-electron chi connectivity index (χ3n) is 4.85. The lowest BCUT2D eigenvalue weighted by molar-refractivity contribution is 0.0971. The molecule has 0 aromatic carbocycles. The molecule has 0 bridgehead atoms. The molecular formula is C17H22N6O2. The van der Waals surface area contributed by atoms with E-state index in [2.05, 4.69) is 20.1 Å². The fourth-order valence-electron chi connectivity index (χ4n) is 3.29. The summed E-state index contributed by atoms with van der Waals surface area (Å²) in [6.45, 7) is 9.05. The Hall–Kier alpha value is -2.45. The lowest BCUT2D eigenvalue weighted by Gasteiger charge is -2.34. The van der Waals surface area contributed by atoms with Crippen LogP contribution in [-0.2, 0) is 13.2 Å². The Morgan fingerprint density at radius 3 is 2.56 bits per heavy atom. The molecule has 1 aliphatic rings. The molecule has 0 atom stereocenters. The first-order chi connectivity index (χ1) is 12.1. The van der Waals surface area contributed by atoms with Crippen LogP contribution in [0.3, 0.4) is 0 Å². The highest BCUT2D eigenvalue weighted by Crippen LogP contribution is 2.16. The molecule has 1 fully saturated rings. The van der Waals surface area contributed by atoms with E-state index in [1.54, 1.807) is 15.3 Å². The van der Waals surface area contributed by atoms with Gasteiger partial charge in [0.15, 0.2) is 5.65 Å². The van der Waals surface area contributed by atoms with Gasteiger partial charge in [0.05, 0.1) is 12.4 Å². The Bertz CT molecular complexity index is 913. The molecule has 3 aromatic heterocycles. The minimum atomic E-state index is -0.0891. The van der Waals surface area contributed by atoms with Gasteiger partial charge in [-0.2, -0.15) is 4.68 Å². The average molecular weight is 342 g/mol. The van der Waals surface area contributed by atoms with Gasteiger partial charge in [0.25, 0.3) is 0 Å². The second-order valence-corrected chi connectivity index (χ2v) is 6.55. The Kier molecular flexibility index (Phi) is 4.14. The van der Waals surface area contributed by atoms with Crippen molar-refractivity contribution in [2.45, 2.75) is 27.1 Å². The number of rotatable bonds is 4. The molecule has 25 heavy (non-hydrogen) atoms. The van der Waals surface area contributed by atoms with Crippen LogP contribution in [0.25, 0.3) is 5.65 Å². The van der Waals surface area contributed by atoms with E-state index in [9.17, 15) is 4.79 Å². The molecule has 8 nitrogen and oxygen atoms in total. The number of hydrogen-bond acceptors (Lipinski definition) is 6. The van der Waals surface area contributed by atoms with Crippen molar-refractivity contribution < 1.29 is 4.52 Å². The fourth-order valence-corrected chi connectivity index (χ4v) is 3.29. The predicted molar refractivity (Wildman–Crippen MR) is 92.3 cm³/mol. The number of hydrogen-bond donors (Lipinski definition) is 0. The van der Waals surface area contributed by atoms with Gasteiger partial charge in [-0.3, -0.25) is 14.2 Å².